The van der Waals surface area contributed by atoms with Crippen molar-refractivity contribution in [3.05, 3.63) is 0 Å². The van der Waals surface area contributed by atoms with Gasteiger partial charge in [0.15, 0.2) is 0 Å². The first kappa shape index (κ1) is 10.3. The van der Waals surface area contributed by atoms with Crippen molar-refractivity contribution in [1.29, 1.82) is 0 Å². The van der Waals surface area contributed by atoms with Gasteiger partial charge >= 0.3 is 6.03 Å². The van der Waals surface area contributed by atoms with Crippen molar-refractivity contribution in [2.24, 2.45) is 0 Å². The Morgan fingerprint density at radius 2 is 2.00 bits per heavy atom. The highest BCUT2D eigenvalue weighted by molar-refractivity contribution is 5.70. The fraction of sp³-hybridized carbons (Fsp3) is 0.875. The minimum Gasteiger partial charge on any atom is -0.326 e. The van der Waals surface area contributed by atoms with E-state index >= 15 is 0 Å². The first-order chi connectivity index (χ1) is 5.18. The normalized spacial score (nSPS) is 9.64. The molecule has 0 aliphatic heterocycles. The molecule has 0 aliphatic carbocycles. The zero-order valence-electron chi connectivity index (χ0n) is 7.39. The number of nitrogens with zero attached hydrogens (tertiary/aromatic N) is 1. The number of carbonyl (C=O) groups excluding carboxylic acids is 1. The number of urea groups is 1. The third-order valence-electron chi connectivity index (χ3n) is 1.69. The first-order valence-corrected chi connectivity index (χ1v) is 4.15. The Kier molecular flexibility index (Phi) is 5.61. The van der Waals surface area contributed by atoms with E-state index in [4.69, 9.17) is 5.73 Å². The quantitative estimate of drug-likeness (QED) is 0.562. The summed E-state index contributed by atoms with van der Waals surface area (Å²) < 4.78 is 0. The third-order valence-corrected chi connectivity index (χ3v) is 1.69. The van der Waals surface area contributed by atoms with Crippen molar-refractivity contribution >= 4 is 6.03 Å². The van der Waals surface area contributed by atoms with Crippen LogP contribution < -0.4 is 5.73 Å². The highest BCUT2D eigenvalue weighted by Gasteiger charge is 2.01. The Bertz CT molecular complexity index is 115. The average molecular weight is 157 g/mol. The third kappa shape index (κ3) is 5.70. The Balaban J connectivity index is 3.17. The van der Waals surface area contributed by atoms with Gasteiger partial charge in [-0.05, 0) is 6.42 Å². The summed E-state index contributed by atoms with van der Waals surface area (Å²) >= 11 is 0. The average Bonchev–Trinajstić information content (AvgIpc) is 1.97. The summed E-state index contributed by atoms with van der Waals surface area (Å²) in [6.07, 6.45) is 4.61. The molecule has 65 valence electrons. The van der Waals surface area contributed by atoms with Crippen molar-refractivity contribution in [3.8, 4) is 0 Å². The zero-order chi connectivity index (χ0) is 8.69. The van der Waals surface area contributed by atoms with E-state index in [9.17, 15) is 4.79 Å². The predicted octanol–water partition coefficient (Wildman–Crippen LogP) is 1.90. The van der Waals surface area contributed by atoms with Crippen LogP contribution in [0.15, 0.2) is 0 Å². The van der Waals surface area contributed by atoms with Gasteiger partial charge in [0.2, 0.25) is 0 Å². The van der Waals surface area contributed by atoms with Crippen LogP contribution in [0.5, 0.6) is 0 Å². The Morgan fingerprint density at radius 1 is 1.36 bits per heavy atom. The molecule has 0 aliphatic rings. The summed E-state index contributed by atoms with van der Waals surface area (Å²) in [7, 11) is 1.67. The van der Waals surface area contributed by atoms with Crippen LogP contribution in [0, 0.1) is 0 Å². The lowest BCUT2D eigenvalue weighted by Crippen LogP contribution is -2.26. The summed E-state index contributed by atoms with van der Waals surface area (Å²) in [5.41, 5.74) is 6.75. The van der Waals surface area contributed by atoms with Crippen LogP contribution in [-0.4, -0.2) is 24.5 Å². The molecule has 0 unspecified atom stereocenters. The number of unbranched alkanes of at least 4 members (excludes halogenated alkanes) is 3. The second-order valence-electron chi connectivity index (χ2n) is 2.79. The first-order valence-electron chi connectivity index (χ1n) is 4.15. The number of rotatable bonds is 5. The lowest BCUT2D eigenvalue weighted by molar-refractivity contribution is 0.216. The van der Waals surface area contributed by atoms with Gasteiger partial charge in [0.1, 0.15) is 0 Å². The van der Waals surface area contributed by atoms with Crippen LogP contribution in [0.4, 0.5) is 4.79 Å². The lowest BCUT2D eigenvalue weighted by atomic mass is 10.2. The summed E-state index contributed by atoms with van der Waals surface area (Å²) in [4.78, 5) is 11.8. The molecule has 11 heavy (non-hydrogen) atoms. The molecule has 0 aromatic heterocycles. The largest absolute Gasteiger partial charge is 0.335 e. The van der Waals surface area contributed by atoms with Gasteiger partial charge in [-0.1, -0.05) is 26.2 Å². The van der Waals surface area contributed by atoms with E-state index in [0.717, 1.165) is 19.4 Å². The summed E-state index contributed by atoms with van der Waals surface area (Å²) in [5.74, 6) is 0. The number of amides is 2. The molecule has 1 N–H and O–H groups in total. The molecule has 0 aromatic carbocycles. The molecule has 3 heteroatoms. The summed E-state index contributed by atoms with van der Waals surface area (Å²) in [6.45, 7) is 2.88. The molecule has 0 aromatic rings. The Labute approximate surface area is 68.6 Å². The molecule has 0 heterocycles. The van der Waals surface area contributed by atoms with E-state index in [1.165, 1.54) is 17.7 Å². The van der Waals surface area contributed by atoms with E-state index in [0.29, 0.717) is 0 Å². The molecule has 1 radical (unpaired) electrons. The van der Waals surface area contributed by atoms with E-state index in [2.05, 4.69) is 6.92 Å². The van der Waals surface area contributed by atoms with Crippen molar-refractivity contribution in [1.82, 2.24) is 10.6 Å². The van der Waals surface area contributed by atoms with E-state index in [1.807, 2.05) is 0 Å². The van der Waals surface area contributed by atoms with Crippen molar-refractivity contribution in [2.45, 2.75) is 32.6 Å². The van der Waals surface area contributed by atoms with Crippen molar-refractivity contribution in [3.63, 3.8) is 0 Å². The molecule has 0 bridgehead atoms. The maximum atomic E-state index is 10.4. The molecule has 0 atom stereocenters. The van der Waals surface area contributed by atoms with Gasteiger partial charge in [-0.25, -0.2) is 10.5 Å². The summed E-state index contributed by atoms with van der Waals surface area (Å²) in [6, 6.07) is -0.582. The maximum Gasteiger partial charge on any atom is 0.335 e. The van der Waals surface area contributed by atoms with Crippen molar-refractivity contribution in [2.75, 3.05) is 13.6 Å². The minimum absolute atomic E-state index is 0.582. The van der Waals surface area contributed by atoms with Crippen molar-refractivity contribution < 1.29 is 4.79 Å². The van der Waals surface area contributed by atoms with E-state index in [1.54, 1.807) is 7.05 Å². The molecule has 3 nitrogen and oxygen atoms in total. The number of carbonyl (C=O) groups is 1. The number of nitrogens with one attached hydrogen (secondary N) is 1. The topological polar surface area (TPSA) is 44.1 Å². The molecule has 0 fully saturated rings. The second-order valence-corrected chi connectivity index (χ2v) is 2.79. The van der Waals surface area contributed by atoms with Gasteiger partial charge in [-0.2, -0.15) is 0 Å². The van der Waals surface area contributed by atoms with Gasteiger partial charge in [-0.3, -0.25) is 0 Å². The molecule has 0 rings (SSSR count). The second kappa shape index (κ2) is 6.01. The standard InChI is InChI=1S/C8H17N2O/c1-3-4-5-6-7-10(2)8(9)11/h9H,3-7H2,1-2H3. The van der Waals surface area contributed by atoms with Crippen LogP contribution in [0.25, 0.3) is 0 Å². The van der Waals surface area contributed by atoms with Gasteiger partial charge in [0, 0.05) is 13.6 Å². The summed E-state index contributed by atoms with van der Waals surface area (Å²) in [5, 5.41) is 0. The van der Waals surface area contributed by atoms with Crippen LogP contribution in [0.2, 0.25) is 0 Å². The molecule has 0 saturated heterocycles. The fourth-order valence-electron chi connectivity index (χ4n) is 0.877. The van der Waals surface area contributed by atoms with Crippen LogP contribution in [-0.2, 0) is 0 Å². The van der Waals surface area contributed by atoms with Gasteiger partial charge in [0.05, 0.1) is 0 Å². The monoisotopic (exact) mass is 157 g/mol. The molecule has 2 amide bonds. The van der Waals surface area contributed by atoms with Crippen LogP contribution >= 0.6 is 0 Å². The highest BCUT2D eigenvalue weighted by atomic mass is 16.2. The van der Waals surface area contributed by atoms with Gasteiger partial charge in [0.25, 0.3) is 0 Å². The molecular weight excluding hydrogens is 140 g/mol. The van der Waals surface area contributed by atoms with Crippen LogP contribution in [0.3, 0.4) is 0 Å². The zero-order valence-corrected chi connectivity index (χ0v) is 7.39. The number of hydrogen-bond donors (Lipinski definition) is 0. The maximum absolute atomic E-state index is 10.4. The van der Waals surface area contributed by atoms with Gasteiger partial charge < -0.3 is 4.90 Å². The van der Waals surface area contributed by atoms with Crippen LogP contribution in [0.1, 0.15) is 32.6 Å². The van der Waals surface area contributed by atoms with Gasteiger partial charge in [-0.15, -0.1) is 0 Å². The smallest absolute Gasteiger partial charge is 0.326 e. The Hall–Kier alpha value is -0.730. The predicted molar refractivity (Wildman–Crippen MR) is 45.3 cm³/mol. The van der Waals surface area contributed by atoms with E-state index < -0.39 is 6.03 Å². The number of hydrogen-bond acceptors (Lipinski definition) is 1. The molecular formula is C8H17N2O. The lowest BCUT2D eigenvalue weighted by Gasteiger charge is -2.12. The minimum atomic E-state index is -0.582. The fourth-order valence-corrected chi connectivity index (χ4v) is 0.877. The Morgan fingerprint density at radius 3 is 2.45 bits per heavy atom. The highest BCUT2D eigenvalue weighted by Crippen LogP contribution is 1.99. The SMILES string of the molecule is CCCCCCN(C)C([NH])=O. The van der Waals surface area contributed by atoms with E-state index in [-0.39, 0.29) is 0 Å². The molecule has 0 spiro atoms. The molecule has 0 saturated carbocycles.